The first-order valence-corrected chi connectivity index (χ1v) is 8.85. The molecule has 4 nitrogen and oxygen atoms in total. The molecular formula is C21H24N2O2. The van der Waals surface area contributed by atoms with Crippen LogP contribution in [0.3, 0.4) is 0 Å². The van der Waals surface area contributed by atoms with Crippen LogP contribution in [0.15, 0.2) is 48.5 Å². The molecule has 0 aromatic heterocycles. The zero-order valence-electron chi connectivity index (χ0n) is 14.8. The van der Waals surface area contributed by atoms with Crippen LogP contribution in [0.2, 0.25) is 0 Å². The Morgan fingerprint density at radius 3 is 2.24 bits per heavy atom. The molecule has 130 valence electrons. The summed E-state index contributed by atoms with van der Waals surface area (Å²) in [6.07, 6.45) is 2.18. The SMILES string of the molecule is CC(C)NC(=O)c1cccc(-c2ccc(C(=O)N3CCCC3)cc2)c1. The van der Waals surface area contributed by atoms with Gasteiger partial charge in [0.1, 0.15) is 0 Å². The number of carbonyl (C=O) groups excluding carboxylic acids is 2. The standard InChI is InChI=1S/C21H24N2O2/c1-15(2)22-20(24)19-7-5-6-18(14-19)16-8-10-17(11-9-16)21(25)23-12-3-4-13-23/h5-11,14-15H,3-4,12-13H2,1-2H3,(H,22,24). The Bertz CT molecular complexity index is 760. The van der Waals surface area contributed by atoms with Gasteiger partial charge >= 0.3 is 0 Å². The Balaban J connectivity index is 1.78. The predicted octanol–water partition coefficient (Wildman–Crippen LogP) is 3.73. The van der Waals surface area contributed by atoms with E-state index >= 15 is 0 Å². The molecule has 2 amide bonds. The van der Waals surface area contributed by atoms with E-state index in [9.17, 15) is 9.59 Å². The van der Waals surface area contributed by atoms with Crippen molar-refractivity contribution in [3.05, 3.63) is 59.7 Å². The van der Waals surface area contributed by atoms with Crippen molar-refractivity contribution in [2.75, 3.05) is 13.1 Å². The minimum absolute atomic E-state index is 0.0716. The van der Waals surface area contributed by atoms with E-state index in [-0.39, 0.29) is 17.9 Å². The molecule has 0 bridgehead atoms. The predicted molar refractivity (Wildman–Crippen MR) is 99.6 cm³/mol. The molecule has 25 heavy (non-hydrogen) atoms. The van der Waals surface area contributed by atoms with E-state index in [1.54, 1.807) is 0 Å². The van der Waals surface area contributed by atoms with Gasteiger partial charge < -0.3 is 10.2 Å². The van der Waals surface area contributed by atoms with Gasteiger partial charge in [-0.05, 0) is 62.1 Å². The van der Waals surface area contributed by atoms with E-state index in [4.69, 9.17) is 0 Å². The molecule has 0 atom stereocenters. The van der Waals surface area contributed by atoms with E-state index in [0.717, 1.165) is 42.6 Å². The fraction of sp³-hybridized carbons (Fsp3) is 0.333. The maximum atomic E-state index is 12.4. The minimum atomic E-state index is -0.0716. The fourth-order valence-corrected chi connectivity index (χ4v) is 3.09. The lowest BCUT2D eigenvalue weighted by molar-refractivity contribution is 0.0792. The van der Waals surface area contributed by atoms with Crippen molar-refractivity contribution >= 4 is 11.8 Å². The number of rotatable bonds is 4. The second-order valence-electron chi connectivity index (χ2n) is 6.79. The van der Waals surface area contributed by atoms with E-state index in [0.29, 0.717) is 5.56 Å². The van der Waals surface area contributed by atoms with Gasteiger partial charge in [0, 0.05) is 30.3 Å². The average Bonchev–Trinajstić information content (AvgIpc) is 3.15. The van der Waals surface area contributed by atoms with E-state index in [1.165, 1.54) is 0 Å². The number of benzene rings is 2. The Hall–Kier alpha value is -2.62. The highest BCUT2D eigenvalue weighted by molar-refractivity contribution is 5.96. The monoisotopic (exact) mass is 336 g/mol. The highest BCUT2D eigenvalue weighted by atomic mass is 16.2. The van der Waals surface area contributed by atoms with Crippen molar-refractivity contribution in [2.24, 2.45) is 0 Å². The van der Waals surface area contributed by atoms with Crippen LogP contribution in [0.4, 0.5) is 0 Å². The van der Waals surface area contributed by atoms with Crippen LogP contribution < -0.4 is 5.32 Å². The molecule has 0 spiro atoms. The first-order chi connectivity index (χ1) is 12.0. The van der Waals surface area contributed by atoms with Crippen LogP contribution in [0, 0.1) is 0 Å². The number of likely N-dealkylation sites (tertiary alicyclic amines) is 1. The van der Waals surface area contributed by atoms with Crippen LogP contribution in [-0.2, 0) is 0 Å². The highest BCUT2D eigenvalue weighted by Crippen LogP contribution is 2.22. The molecular weight excluding hydrogens is 312 g/mol. The lowest BCUT2D eigenvalue weighted by atomic mass is 10.0. The molecule has 0 radical (unpaired) electrons. The maximum Gasteiger partial charge on any atom is 0.253 e. The van der Waals surface area contributed by atoms with Crippen LogP contribution in [0.25, 0.3) is 11.1 Å². The number of nitrogens with zero attached hydrogens (tertiary/aromatic N) is 1. The molecule has 3 rings (SSSR count). The minimum Gasteiger partial charge on any atom is -0.350 e. The van der Waals surface area contributed by atoms with Gasteiger partial charge in [0.05, 0.1) is 0 Å². The molecule has 1 aliphatic rings. The normalized spacial score (nSPS) is 14.0. The Morgan fingerprint density at radius 2 is 1.60 bits per heavy atom. The molecule has 2 aromatic rings. The molecule has 1 heterocycles. The van der Waals surface area contributed by atoms with Crippen molar-refractivity contribution in [1.29, 1.82) is 0 Å². The zero-order chi connectivity index (χ0) is 17.8. The second-order valence-corrected chi connectivity index (χ2v) is 6.79. The van der Waals surface area contributed by atoms with Gasteiger partial charge in [-0.3, -0.25) is 9.59 Å². The molecule has 0 unspecified atom stereocenters. The molecule has 1 aliphatic heterocycles. The Kier molecular flexibility index (Phi) is 5.17. The van der Waals surface area contributed by atoms with Crippen molar-refractivity contribution in [1.82, 2.24) is 10.2 Å². The topological polar surface area (TPSA) is 49.4 Å². The van der Waals surface area contributed by atoms with Crippen molar-refractivity contribution < 1.29 is 9.59 Å². The zero-order valence-corrected chi connectivity index (χ0v) is 14.8. The molecule has 2 aromatic carbocycles. The summed E-state index contributed by atoms with van der Waals surface area (Å²) in [6, 6.07) is 15.3. The quantitative estimate of drug-likeness (QED) is 0.925. The first kappa shape index (κ1) is 17.2. The van der Waals surface area contributed by atoms with Gasteiger partial charge in [0.25, 0.3) is 11.8 Å². The van der Waals surface area contributed by atoms with Crippen molar-refractivity contribution in [3.8, 4) is 11.1 Å². The second kappa shape index (κ2) is 7.51. The van der Waals surface area contributed by atoms with Gasteiger partial charge in [-0.1, -0.05) is 24.3 Å². The van der Waals surface area contributed by atoms with Crippen LogP contribution >= 0.6 is 0 Å². The van der Waals surface area contributed by atoms with Crippen LogP contribution in [0.5, 0.6) is 0 Å². The summed E-state index contributed by atoms with van der Waals surface area (Å²) in [4.78, 5) is 26.5. The number of nitrogens with one attached hydrogen (secondary N) is 1. The van der Waals surface area contributed by atoms with Crippen molar-refractivity contribution in [2.45, 2.75) is 32.7 Å². The molecule has 1 saturated heterocycles. The average molecular weight is 336 g/mol. The smallest absolute Gasteiger partial charge is 0.253 e. The third-order valence-corrected chi connectivity index (χ3v) is 4.40. The summed E-state index contributed by atoms with van der Waals surface area (Å²) >= 11 is 0. The van der Waals surface area contributed by atoms with Gasteiger partial charge in [-0.25, -0.2) is 0 Å². The molecule has 0 saturated carbocycles. The van der Waals surface area contributed by atoms with E-state index in [1.807, 2.05) is 67.3 Å². The lowest BCUT2D eigenvalue weighted by Crippen LogP contribution is -2.30. The summed E-state index contributed by atoms with van der Waals surface area (Å²) in [5, 5.41) is 2.90. The third-order valence-electron chi connectivity index (χ3n) is 4.40. The van der Waals surface area contributed by atoms with Gasteiger partial charge in [-0.2, -0.15) is 0 Å². The number of hydrogen-bond donors (Lipinski definition) is 1. The molecule has 1 fully saturated rings. The van der Waals surface area contributed by atoms with E-state index in [2.05, 4.69) is 5.32 Å². The van der Waals surface area contributed by atoms with Crippen molar-refractivity contribution in [3.63, 3.8) is 0 Å². The van der Waals surface area contributed by atoms with Gasteiger partial charge in [-0.15, -0.1) is 0 Å². The molecule has 4 heteroatoms. The van der Waals surface area contributed by atoms with Gasteiger partial charge in [0.15, 0.2) is 0 Å². The Labute approximate surface area is 148 Å². The maximum absolute atomic E-state index is 12.4. The summed E-state index contributed by atoms with van der Waals surface area (Å²) in [5.41, 5.74) is 3.33. The number of amides is 2. The number of hydrogen-bond acceptors (Lipinski definition) is 2. The number of carbonyl (C=O) groups is 2. The summed E-state index contributed by atoms with van der Waals surface area (Å²) in [6.45, 7) is 5.59. The van der Waals surface area contributed by atoms with Crippen LogP contribution in [0.1, 0.15) is 47.4 Å². The Morgan fingerprint density at radius 1 is 0.920 bits per heavy atom. The van der Waals surface area contributed by atoms with Gasteiger partial charge in [0.2, 0.25) is 0 Å². The van der Waals surface area contributed by atoms with E-state index < -0.39 is 0 Å². The van der Waals surface area contributed by atoms with Crippen LogP contribution in [-0.4, -0.2) is 35.8 Å². The largest absolute Gasteiger partial charge is 0.350 e. The lowest BCUT2D eigenvalue weighted by Gasteiger charge is -2.15. The fourth-order valence-electron chi connectivity index (χ4n) is 3.09. The summed E-state index contributed by atoms with van der Waals surface area (Å²) in [7, 11) is 0. The first-order valence-electron chi connectivity index (χ1n) is 8.85. The highest BCUT2D eigenvalue weighted by Gasteiger charge is 2.19. The molecule has 0 aliphatic carbocycles. The third kappa shape index (κ3) is 4.08. The summed E-state index contributed by atoms with van der Waals surface area (Å²) in [5.74, 6) is 0.0341. The summed E-state index contributed by atoms with van der Waals surface area (Å²) < 4.78 is 0. The molecule has 1 N–H and O–H groups in total.